The number of carbonyl (C=O) groups excluding carboxylic acids is 2. The monoisotopic (exact) mass is 378 g/mol. The largest absolute Gasteiger partial charge is 0.349 e. The van der Waals surface area contributed by atoms with Crippen molar-refractivity contribution >= 4 is 46.4 Å². The molecule has 7 heteroatoms. The summed E-state index contributed by atoms with van der Waals surface area (Å²) in [6.45, 7) is 3.83. The molecule has 0 aliphatic carbocycles. The number of aryl methyl sites for hydroxylation is 1. The molecule has 2 amide bonds. The Morgan fingerprint density at radius 3 is 2.44 bits per heavy atom. The molecule has 1 heterocycles. The SMILES string of the molecule is Cc1cccc(NC2=C(Cl)C(=O)N(c3ccc(F)c(Cl)c3)C2=O)c1C. The van der Waals surface area contributed by atoms with Crippen molar-refractivity contribution in [3.8, 4) is 0 Å². The predicted octanol–water partition coefficient (Wildman–Crippen LogP) is 4.53. The standard InChI is InChI=1S/C18H13Cl2FN2O2/c1-9-4-3-5-14(10(9)2)22-16-15(20)17(24)23(18(16)25)11-6-7-13(21)12(19)8-11/h3-8,22H,1-2H3. The van der Waals surface area contributed by atoms with Gasteiger partial charge in [0.1, 0.15) is 16.5 Å². The lowest BCUT2D eigenvalue weighted by Gasteiger charge is -2.16. The van der Waals surface area contributed by atoms with E-state index in [0.29, 0.717) is 5.69 Å². The Morgan fingerprint density at radius 2 is 1.76 bits per heavy atom. The summed E-state index contributed by atoms with van der Waals surface area (Å²) in [7, 11) is 0. The van der Waals surface area contributed by atoms with Crippen LogP contribution in [0, 0.1) is 19.7 Å². The minimum absolute atomic E-state index is 0.0270. The van der Waals surface area contributed by atoms with Crippen molar-refractivity contribution in [2.75, 3.05) is 10.2 Å². The van der Waals surface area contributed by atoms with Crippen LogP contribution in [-0.4, -0.2) is 11.8 Å². The van der Waals surface area contributed by atoms with Gasteiger partial charge in [-0.3, -0.25) is 9.59 Å². The van der Waals surface area contributed by atoms with Crippen LogP contribution in [0.25, 0.3) is 0 Å². The molecule has 1 aliphatic rings. The van der Waals surface area contributed by atoms with Gasteiger partial charge >= 0.3 is 0 Å². The van der Waals surface area contributed by atoms with Crippen molar-refractivity contribution in [1.29, 1.82) is 0 Å². The Kier molecular flexibility index (Phi) is 4.54. The molecule has 0 radical (unpaired) electrons. The van der Waals surface area contributed by atoms with E-state index in [1.165, 1.54) is 12.1 Å². The molecule has 1 N–H and O–H groups in total. The topological polar surface area (TPSA) is 49.4 Å². The second kappa shape index (κ2) is 6.50. The highest BCUT2D eigenvalue weighted by molar-refractivity contribution is 6.53. The first-order valence-electron chi connectivity index (χ1n) is 7.38. The van der Waals surface area contributed by atoms with Crippen molar-refractivity contribution in [2.45, 2.75) is 13.8 Å². The third kappa shape index (κ3) is 3.01. The number of imide groups is 1. The van der Waals surface area contributed by atoms with Crippen LogP contribution in [-0.2, 0) is 9.59 Å². The number of halogens is 3. The zero-order valence-electron chi connectivity index (χ0n) is 13.4. The van der Waals surface area contributed by atoms with Crippen LogP contribution >= 0.6 is 23.2 Å². The molecule has 0 bridgehead atoms. The maximum absolute atomic E-state index is 13.3. The summed E-state index contributed by atoms with van der Waals surface area (Å²) in [5.74, 6) is -1.96. The van der Waals surface area contributed by atoms with Crippen molar-refractivity contribution in [1.82, 2.24) is 0 Å². The number of nitrogens with one attached hydrogen (secondary N) is 1. The number of benzene rings is 2. The molecule has 2 aromatic rings. The average Bonchev–Trinajstić information content (AvgIpc) is 2.78. The second-order valence-corrected chi connectivity index (χ2v) is 6.39. The number of hydrogen-bond donors (Lipinski definition) is 1. The van der Waals surface area contributed by atoms with E-state index in [0.717, 1.165) is 22.1 Å². The fraction of sp³-hybridized carbons (Fsp3) is 0.111. The Hall–Kier alpha value is -2.37. The quantitative estimate of drug-likeness (QED) is 0.798. The Bertz CT molecular complexity index is 941. The third-order valence-corrected chi connectivity index (χ3v) is 4.69. The summed E-state index contributed by atoms with van der Waals surface area (Å²) in [5, 5.41) is 2.51. The smallest absolute Gasteiger partial charge is 0.283 e. The number of nitrogens with zero attached hydrogens (tertiary/aromatic N) is 1. The van der Waals surface area contributed by atoms with Crippen molar-refractivity contribution in [3.63, 3.8) is 0 Å². The van der Waals surface area contributed by atoms with Gasteiger partial charge < -0.3 is 5.32 Å². The number of carbonyl (C=O) groups is 2. The van der Waals surface area contributed by atoms with E-state index in [1.54, 1.807) is 6.07 Å². The number of hydrogen-bond acceptors (Lipinski definition) is 3. The van der Waals surface area contributed by atoms with E-state index in [1.807, 2.05) is 26.0 Å². The van der Waals surface area contributed by atoms with E-state index >= 15 is 0 Å². The number of anilines is 2. The first kappa shape index (κ1) is 17.5. The van der Waals surface area contributed by atoms with Crippen LogP contribution in [0.1, 0.15) is 11.1 Å². The van der Waals surface area contributed by atoms with Crippen LogP contribution in [0.3, 0.4) is 0 Å². The van der Waals surface area contributed by atoms with Crippen LogP contribution < -0.4 is 10.2 Å². The molecule has 0 atom stereocenters. The van der Waals surface area contributed by atoms with E-state index in [9.17, 15) is 14.0 Å². The van der Waals surface area contributed by atoms with Crippen LogP contribution in [0.5, 0.6) is 0 Å². The van der Waals surface area contributed by atoms with Gasteiger partial charge in [0.2, 0.25) is 0 Å². The minimum atomic E-state index is -0.692. The lowest BCUT2D eigenvalue weighted by molar-refractivity contribution is -0.120. The van der Waals surface area contributed by atoms with Gasteiger partial charge in [-0.2, -0.15) is 0 Å². The van der Waals surface area contributed by atoms with Gasteiger partial charge in [0.15, 0.2) is 0 Å². The zero-order chi connectivity index (χ0) is 18.3. The van der Waals surface area contributed by atoms with Gasteiger partial charge in [0.05, 0.1) is 10.7 Å². The summed E-state index contributed by atoms with van der Waals surface area (Å²) in [4.78, 5) is 26.0. The van der Waals surface area contributed by atoms with Crippen molar-refractivity contribution in [3.05, 3.63) is 69.1 Å². The fourth-order valence-corrected chi connectivity index (χ4v) is 2.88. The molecule has 0 saturated carbocycles. The van der Waals surface area contributed by atoms with Gasteiger partial charge in [0, 0.05) is 5.69 Å². The minimum Gasteiger partial charge on any atom is -0.349 e. The van der Waals surface area contributed by atoms with E-state index in [4.69, 9.17) is 23.2 Å². The molecule has 0 aromatic heterocycles. The van der Waals surface area contributed by atoms with Crippen LogP contribution in [0.2, 0.25) is 5.02 Å². The summed E-state index contributed by atoms with van der Waals surface area (Å²) in [5.41, 5.74) is 2.76. The Morgan fingerprint density at radius 1 is 1.04 bits per heavy atom. The molecule has 4 nitrogen and oxygen atoms in total. The second-order valence-electron chi connectivity index (χ2n) is 5.61. The molecule has 2 aromatic carbocycles. The van der Waals surface area contributed by atoms with Crippen LogP contribution in [0.4, 0.5) is 15.8 Å². The lowest BCUT2D eigenvalue weighted by atomic mass is 10.1. The molecule has 0 spiro atoms. The van der Waals surface area contributed by atoms with Gasteiger partial charge in [-0.05, 0) is 49.2 Å². The van der Waals surface area contributed by atoms with Crippen LogP contribution in [0.15, 0.2) is 47.1 Å². The number of rotatable bonds is 3. The molecule has 25 heavy (non-hydrogen) atoms. The fourth-order valence-electron chi connectivity index (χ4n) is 2.49. The molecular formula is C18H13Cl2FN2O2. The van der Waals surface area contributed by atoms with E-state index < -0.39 is 17.6 Å². The first-order valence-corrected chi connectivity index (χ1v) is 8.13. The normalized spacial score (nSPS) is 14.5. The van der Waals surface area contributed by atoms with Gasteiger partial charge in [-0.1, -0.05) is 35.3 Å². The predicted molar refractivity (Wildman–Crippen MR) is 96.3 cm³/mol. The van der Waals surface area contributed by atoms with E-state index in [2.05, 4.69) is 5.32 Å². The molecule has 0 unspecified atom stereocenters. The summed E-state index contributed by atoms with van der Waals surface area (Å²) >= 11 is 11.8. The molecule has 3 rings (SSSR count). The third-order valence-electron chi connectivity index (χ3n) is 4.05. The molecule has 128 valence electrons. The lowest BCUT2D eigenvalue weighted by Crippen LogP contribution is -2.32. The highest BCUT2D eigenvalue weighted by Crippen LogP contribution is 2.32. The first-order chi connectivity index (χ1) is 11.8. The highest BCUT2D eigenvalue weighted by atomic mass is 35.5. The Labute approximate surface area is 153 Å². The summed E-state index contributed by atoms with van der Waals surface area (Å²) in [6.07, 6.45) is 0. The average molecular weight is 379 g/mol. The summed E-state index contributed by atoms with van der Waals surface area (Å²) < 4.78 is 13.3. The van der Waals surface area contributed by atoms with Crippen molar-refractivity contribution < 1.29 is 14.0 Å². The number of amides is 2. The summed E-state index contributed by atoms with van der Waals surface area (Å²) in [6, 6.07) is 9.14. The Balaban J connectivity index is 1.96. The highest BCUT2D eigenvalue weighted by Gasteiger charge is 2.39. The maximum atomic E-state index is 13.3. The van der Waals surface area contributed by atoms with E-state index in [-0.39, 0.29) is 21.4 Å². The molecule has 0 saturated heterocycles. The van der Waals surface area contributed by atoms with Gasteiger partial charge in [-0.15, -0.1) is 0 Å². The molecule has 0 fully saturated rings. The van der Waals surface area contributed by atoms with Gasteiger partial charge in [0.25, 0.3) is 11.8 Å². The van der Waals surface area contributed by atoms with Crippen molar-refractivity contribution in [2.24, 2.45) is 0 Å². The maximum Gasteiger partial charge on any atom is 0.283 e. The molecular weight excluding hydrogens is 366 g/mol. The zero-order valence-corrected chi connectivity index (χ0v) is 14.9. The van der Waals surface area contributed by atoms with Gasteiger partial charge in [-0.25, -0.2) is 9.29 Å². The molecule has 1 aliphatic heterocycles.